The largest absolute Gasteiger partial charge is 0.353 e. The third-order valence-corrected chi connectivity index (χ3v) is 4.73. The Morgan fingerprint density at radius 1 is 1.44 bits per heavy atom. The Morgan fingerprint density at radius 3 is 3.00 bits per heavy atom. The normalized spacial score (nSPS) is 16.9. The molecule has 0 radical (unpaired) electrons. The van der Waals surface area contributed by atoms with Crippen LogP contribution in [0.25, 0.3) is 0 Å². The average molecular weight is 394 g/mol. The van der Waals surface area contributed by atoms with Crippen molar-refractivity contribution in [2.45, 2.75) is 32.4 Å². The fraction of sp³-hybridized carbons (Fsp3) is 0.389. The summed E-state index contributed by atoms with van der Waals surface area (Å²) in [5.41, 5.74) is 0.664. The molecule has 3 rings (SSSR count). The average Bonchev–Trinajstić information content (AvgIpc) is 3.06. The third-order valence-electron chi connectivity index (χ3n) is 4.42. The van der Waals surface area contributed by atoms with Gasteiger partial charge in [0.2, 0.25) is 5.91 Å². The Balaban J connectivity index is 1.72. The lowest BCUT2D eigenvalue weighted by Gasteiger charge is -2.34. The maximum Gasteiger partial charge on any atom is 0.323 e. The van der Waals surface area contributed by atoms with E-state index in [2.05, 4.69) is 15.7 Å². The van der Waals surface area contributed by atoms with Crippen molar-refractivity contribution in [3.8, 4) is 0 Å². The molecule has 1 fully saturated rings. The summed E-state index contributed by atoms with van der Waals surface area (Å²) in [5, 5.41) is 9.83. The first-order valence-electron chi connectivity index (χ1n) is 8.80. The molecule has 27 heavy (non-hydrogen) atoms. The van der Waals surface area contributed by atoms with Crippen molar-refractivity contribution >= 4 is 29.4 Å². The van der Waals surface area contributed by atoms with Crippen LogP contribution in [0.5, 0.6) is 0 Å². The number of halogens is 2. The molecule has 1 atom stereocenters. The number of carbonyl (C=O) groups is 2. The van der Waals surface area contributed by atoms with Gasteiger partial charge in [0.15, 0.2) is 0 Å². The van der Waals surface area contributed by atoms with E-state index in [1.54, 1.807) is 27.9 Å². The number of hydrogen-bond donors (Lipinski definition) is 2. The lowest BCUT2D eigenvalue weighted by molar-refractivity contribution is -0.127. The number of anilines is 1. The molecule has 2 aromatic rings. The number of urea groups is 1. The molecule has 1 aliphatic heterocycles. The van der Waals surface area contributed by atoms with Crippen molar-refractivity contribution < 1.29 is 14.0 Å². The topological polar surface area (TPSA) is 79.3 Å². The zero-order valence-electron chi connectivity index (χ0n) is 14.9. The lowest BCUT2D eigenvalue weighted by atomic mass is 10.1. The molecule has 0 saturated carbocycles. The van der Waals surface area contributed by atoms with Gasteiger partial charge in [0, 0.05) is 19.2 Å². The molecule has 2 heterocycles. The molecule has 7 nitrogen and oxygen atoms in total. The third kappa shape index (κ3) is 4.39. The molecule has 9 heteroatoms. The molecule has 0 aliphatic carbocycles. The molecule has 1 aromatic carbocycles. The first kappa shape index (κ1) is 19.2. The van der Waals surface area contributed by atoms with E-state index in [-0.39, 0.29) is 23.5 Å². The van der Waals surface area contributed by atoms with Gasteiger partial charge in [0.05, 0.1) is 17.8 Å². The molecule has 0 bridgehead atoms. The summed E-state index contributed by atoms with van der Waals surface area (Å²) in [4.78, 5) is 26.3. The summed E-state index contributed by atoms with van der Waals surface area (Å²) in [6, 6.07) is 5.34. The smallest absolute Gasteiger partial charge is 0.323 e. The monoisotopic (exact) mass is 393 g/mol. The number of aromatic nitrogens is 2. The zero-order valence-corrected chi connectivity index (χ0v) is 15.7. The quantitative estimate of drug-likeness (QED) is 0.819. The van der Waals surface area contributed by atoms with Crippen LogP contribution >= 0.6 is 11.6 Å². The Labute approximate surface area is 161 Å². The van der Waals surface area contributed by atoms with Gasteiger partial charge in [-0.3, -0.25) is 10.1 Å². The Hall–Kier alpha value is -2.61. The van der Waals surface area contributed by atoms with Gasteiger partial charge < -0.3 is 10.2 Å². The van der Waals surface area contributed by atoms with Crippen molar-refractivity contribution in [2.24, 2.45) is 0 Å². The number of piperazine rings is 1. The molecule has 144 valence electrons. The van der Waals surface area contributed by atoms with Crippen molar-refractivity contribution in [1.29, 1.82) is 0 Å². The molecule has 3 amide bonds. The maximum absolute atomic E-state index is 13.6. The fourth-order valence-electron chi connectivity index (χ4n) is 3.08. The van der Waals surface area contributed by atoms with E-state index in [4.69, 9.17) is 11.6 Å². The number of hydrogen-bond acceptors (Lipinski definition) is 3. The van der Waals surface area contributed by atoms with Gasteiger partial charge in [0.1, 0.15) is 17.7 Å². The highest BCUT2D eigenvalue weighted by atomic mass is 35.5. The minimum Gasteiger partial charge on any atom is -0.353 e. The van der Waals surface area contributed by atoms with Gasteiger partial charge in [-0.15, -0.1) is 0 Å². The second-order valence-corrected chi connectivity index (χ2v) is 6.75. The summed E-state index contributed by atoms with van der Waals surface area (Å²) in [5.74, 6) is -0.173. The van der Waals surface area contributed by atoms with Crippen molar-refractivity contribution in [1.82, 2.24) is 20.0 Å². The molecule has 0 spiro atoms. The van der Waals surface area contributed by atoms with Crippen molar-refractivity contribution in [3.05, 3.63) is 46.9 Å². The number of amides is 3. The van der Waals surface area contributed by atoms with Gasteiger partial charge in [-0.1, -0.05) is 31.0 Å². The molecule has 1 unspecified atom stereocenters. The van der Waals surface area contributed by atoms with Crippen LogP contribution in [0, 0.1) is 5.82 Å². The lowest BCUT2D eigenvalue weighted by Crippen LogP contribution is -2.58. The van der Waals surface area contributed by atoms with E-state index in [1.165, 1.54) is 12.1 Å². The minimum absolute atomic E-state index is 0.0538. The van der Waals surface area contributed by atoms with Crippen LogP contribution in [-0.4, -0.2) is 45.8 Å². The molecule has 1 aliphatic rings. The molecular weight excluding hydrogens is 373 g/mol. The van der Waals surface area contributed by atoms with Gasteiger partial charge in [0.25, 0.3) is 0 Å². The van der Waals surface area contributed by atoms with Gasteiger partial charge in [-0.2, -0.15) is 5.10 Å². The predicted octanol–water partition coefficient (Wildman–Crippen LogP) is 2.86. The van der Waals surface area contributed by atoms with Crippen molar-refractivity contribution in [2.75, 3.05) is 18.4 Å². The second-order valence-electron chi connectivity index (χ2n) is 6.34. The fourth-order valence-corrected chi connectivity index (χ4v) is 3.19. The number of nitrogens with one attached hydrogen (secondary N) is 2. The van der Waals surface area contributed by atoms with Crippen LogP contribution in [-0.2, 0) is 11.3 Å². The van der Waals surface area contributed by atoms with Crippen LogP contribution in [0.15, 0.2) is 30.5 Å². The summed E-state index contributed by atoms with van der Waals surface area (Å²) < 4.78 is 15.2. The van der Waals surface area contributed by atoms with Gasteiger partial charge >= 0.3 is 6.03 Å². The summed E-state index contributed by atoms with van der Waals surface area (Å²) >= 11 is 5.71. The standard InChI is InChI=1S/C18H21ClFN5O2/c1-2-3-15-17(26)21-8-9-24(15)18(27)23-16-6-7-22-25(16)11-12-4-5-13(19)14(20)10-12/h4-7,10,15H,2-3,8-9,11H2,1H3,(H,21,26)(H,23,27). The van der Waals surface area contributed by atoms with Crippen LogP contribution in [0.1, 0.15) is 25.3 Å². The molecule has 1 saturated heterocycles. The highest BCUT2D eigenvalue weighted by Gasteiger charge is 2.32. The number of benzene rings is 1. The SMILES string of the molecule is CCCC1C(=O)NCCN1C(=O)Nc1ccnn1Cc1ccc(Cl)c(F)c1. The number of rotatable bonds is 5. The molecule has 2 N–H and O–H groups in total. The van der Waals surface area contributed by atoms with Crippen LogP contribution in [0.3, 0.4) is 0 Å². The highest BCUT2D eigenvalue weighted by molar-refractivity contribution is 6.30. The number of nitrogens with zero attached hydrogens (tertiary/aromatic N) is 3. The predicted molar refractivity (Wildman–Crippen MR) is 100 cm³/mol. The van der Waals surface area contributed by atoms with E-state index in [9.17, 15) is 14.0 Å². The molecular formula is C18H21ClFN5O2. The van der Waals surface area contributed by atoms with Gasteiger partial charge in [-0.25, -0.2) is 13.9 Å². The zero-order chi connectivity index (χ0) is 19.4. The van der Waals surface area contributed by atoms with Gasteiger partial charge in [-0.05, 0) is 24.1 Å². The Kier molecular flexibility index (Phi) is 5.95. The second kappa shape index (κ2) is 8.39. The first-order valence-corrected chi connectivity index (χ1v) is 9.18. The summed E-state index contributed by atoms with van der Waals surface area (Å²) in [6.07, 6.45) is 2.94. The minimum atomic E-state index is -0.506. The van der Waals surface area contributed by atoms with Crippen LogP contribution in [0.4, 0.5) is 15.0 Å². The van der Waals surface area contributed by atoms with E-state index < -0.39 is 11.9 Å². The van der Waals surface area contributed by atoms with E-state index in [0.29, 0.717) is 30.9 Å². The highest BCUT2D eigenvalue weighted by Crippen LogP contribution is 2.18. The van der Waals surface area contributed by atoms with E-state index in [1.807, 2.05) is 6.92 Å². The van der Waals surface area contributed by atoms with E-state index in [0.717, 1.165) is 6.42 Å². The Bertz CT molecular complexity index is 841. The Morgan fingerprint density at radius 2 is 2.26 bits per heavy atom. The maximum atomic E-state index is 13.6. The first-order chi connectivity index (χ1) is 13.0. The van der Waals surface area contributed by atoms with Crippen molar-refractivity contribution in [3.63, 3.8) is 0 Å². The summed E-state index contributed by atoms with van der Waals surface area (Å²) in [6.45, 7) is 3.11. The summed E-state index contributed by atoms with van der Waals surface area (Å²) in [7, 11) is 0. The van der Waals surface area contributed by atoms with Crippen LogP contribution < -0.4 is 10.6 Å². The van der Waals surface area contributed by atoms with Crippen LogP contribution in [0.2, 0.25) is 5.02 Å². The molecule has 1 aromatic heterocycles. The van der Waals surface area contributed by atoms with E-state index >= 15 is 0 Å². The number of carbonyl (C=O) groups excluding carboxylic acids is 2.